The van der Waals surface area contributed by atoms with E-state index in [1.54, 1.807) is 0 Å². The lowest BCUT2D eigenvalue weighted by atomic mass is 9.93. The van der Waals surface area contributed by atoms with E-state index >= 15 is 0 Å². The Bertz CT molecular complexity index is 379. The van der Waals surface area contributed by atoms with Gasteiger partial charge < -0.3 is 5.73 Å². The molecule has 17 heavy (non-hydrogen) atoms. The molecule has 0 amide bonds. The number of hydrogen-bond acceptors (Lipinski definition) is 2. The third-order valence-electron chi connectivity index (χ3n) is 3.43. The molecule has 1 aliphatic rings. The van der Waals surface area contributed by atoms with E-state index < -0.39 is 0 Å². The van der Waals surface area contributed by atoms with Crippen LogP contribution in [0.2, 0.25) is 0 Å². The van der Waals surface area contributed by atoms with Crippen LogP contribution in [0.5, 0.6) is 0 Å². The first-order valence-electron chi connectivity index (χ1n) is 6.76. The lowest BCUT2D eigenvalue weighted by Gasteiger charge is -2.18. The van der Waals surface area contributed by atoms with Crippen LogP contribution in [-0.4, -0.2) is 9.78 Å². The lowest BCUT2D eigenvalue weighted by molar-refractivity contribution is 0.529. The van der Waals surface area contributed by atoms with Crippen LogP contribution in [0.15, 0.2) is 23.9 Å². The molecule has 2 N–H and O–H groups in total. The Balaban J connectivity index is 2.00. The summed E-state index contributed by atoms with van der Waals surface area (Å²) >= 11 is 0. The van der Waals surface area contributed by atoms with Crippen molar-refractivity contribution in [1.82, 2.24) is 9.78 Å². The van der Waals surface area contributed by atoms with Crippen LogP contribution < -0.4 is 5.73 Å². The van der Waals surface area contributed by atoms with Crippen molar-refractivity contribution in [2.45, 2.75) is 58.0 Å². The maximum absolute atomic E-state index is 6.30. The minimum Gasteiger partial charge on any atom is -0.322 e. The zero-order chi connectivity index (χ0) is 12.1. The number of aryl methyl sites for hydroxylation is 1. The van der Waals surface area contributed by atoms with Crippen molar-refractivity contribution in [2.75, 3.05) is 0 Å². The summed E-state index contributed by atoms with van der Waals surface area (Å²) in [4.78, 5) is 0. The molecule has 1 heterocycles. The first-order valence-corrected chi connectivity index (χ1v) is 6.76. The average molecular weight is 233 g/mol. The fourth-order valence-electron chi connectivity index (χ4n) is 2.53. The highest BCUT2D eigenvalue weighted by Crippen LogP contribution is 2.26. The van der Waals surface area contributed by atoms with E-state index in [-0.39, 0.29) is 6.04 Å². The SMILES string of the molecule is CCCn1nccc1C(N)CC1=CCCCC1. The van der Waals surface area contributed by atoms with Gasteiger partial charge in [0.05, 0.1) is 11.7 Å². The summed E-state index contributed by atoms with van der Waals surface area (Å²) in [7, 11) is 0. The summed E-state index contributed by atoms with van der Waals surface area (Å²) in [6, 6.07) is 2.16. The van der Waals surface area contributed by atoms with Gasteiger partial charge in [0.2, 0.25) is 0 Å². The van der Waals surface area contributed by atoms with Gasteiger partial charge >= 0.3 is 0 Å². The van der Waals surface area contributed by atoms with E-state index in [4.69, 9.17) is 5.73 Å². The maximum atomic E-state index is 6.30. The Morgan fingerprint density at radius 3 is 3.06 bits per heavy atom. The van der Waals surface area contributed by atoms with E-state index in [1.807, 2.05) is 10.9 Å². The Hall–Kier alpha value is -1.09. The van der Waals surface area contributed by atoms with Gasteiger partial charge in [0.1, 0.15) is 0 Å². The highest BCUT2D eigenvalue weighted by Gasteiger charge is 2.14. The lowest BCUT2D eigenvalue weighted by Crippen LogP contribution is -2.17. The van der Waals surface area contributed by atoms with E-state index in [0.29, 0.717) is 0 Å². The predicted octanol–water partition coefficient (Wildman–Crippen LogP) is 3.18. The summed E-state index contributed by atoms with van der Waals surface area (Å²) in [5.41, 5.74) is 9.01. The van der Waals surface area contributed by atoms with Gasteiger partial charge in [-0.2, -0.15) is 5.10 Å². The summed E-state index contributed by atoms with van der Waals surface area (Å²) in [5, 5.41) is 4.34. The van der Waals surface area contributed by atoms with Crippen molar-refractivity contribution in [3.05, 3.63) is 29.6 Å². The Morgan fingerprint density at radius 1 is 1.47 bits per heavy atom. The van der Waals surface area contributed by atoms with Crippen molar-refractivity contribution >= 4 is 0 Å². The second-order valence-electron chi connectivity index (χ2n) is 4.90. The molecule has 0 bridgehead atoms. The van der Waals surface area contributed by atoms with Crippen LogP contribution in [0, 0.1) is 0 Å². The smallest absolute Gasteiger partial charge is 0.0554 e. The summed E-state index contributed by atoms with van der Waals surface area (Å²) in [6.07, 6.45) is 11.5. The molecule has 0 saturated heterocycles. The Kier molecular flexibility index (Phi) is 4.37. The molecule has 0 fully saturated rings. The summed E-state index contributed by atoms with van der Waals surface area (Å²) in [6.45, 7) is 3.13. The number of hydrogen-bond donors (Lipinski definition) is 1. The molecule has 0 spiro atoms. The maximum Gasteiger partial charge on any atom is 0.0554 e. The van der Waals surface area contributed by atoms with Gasteiger partial charge in [-0.25, -0.2) is 0 Å². The van der Waals surface area contributed by atoms with Gasteiger partial charge in [0.25, 0.3) is 0 Å². The van der Waals surface area contributed by atoms with Gasteiger partial charge in [-0.3, -0.25) is 4.68 Å². The van der Waals surface area contributed by atoms with Crippen molar-refractivity contribution < 1.29 is 0 Å². The van der Waals surface area contributed by atoms with Gasteiger partial charge in [0.15, 0.2) is 0 Å². The fraction of sp³-hybridized carbons (Fsp3) is 0.643. The standard InChI is InChI=1S/C14H23N3/c1-2-10-17-14(8-9-16-17)13(15)11-12-6-4-3-5-7-12/h6,8-9,13H,2-5,7,10-11,15H2,1H3. The first kappa shape index (κ1) is 12.4. The highest BCUT2D eigenvalue weighted by atomic mass is 15.3. The predicted molar refractivity (Wildman–Crippen MR) is 70.6 cm³/mol. The molecule has 1 aliphatic carbocycles. The average Bonchev–Trinajstić information content (AvgIpc) is 2.79. The summed E-state index contributed by atoms with van der Waals surface area (Å²) in [5.74, 6) is 0. The van der Waals surface area contributed by atoms with Crippen LogP contribution >= 0.6 is 0 Å². The minimum absolute atomic E-state index is 0.105. The van der Waals surface area contributed by atoms with E-state index in [2.05, 4.69) is 24.2 Å². The van der Waals surface area contributed by atoms with E-state index in [9.17, 15) is 0 Å². The molecule has 1 aromatic rings. The number of aromatic nitrogens is 2. The van der Waals surface area contributed by atoms with Crippen LogP contribution in [0.4, 0.5) is 0 Å². The van der Waals surface area contributed by atoms with Crippen LogP contribution in [0.3, 0.4) is 0 Å². The van der Waals surface area contributed by atoms with Gasteiger partial charge in [-0.05, 0) is 44.6 Å². The normalized spacial score (nSPS) is 17.9. The van der Waals surface area contributed by atoms with Gasteiger partial charge in [-0.15, -0.1) is 0 Å². The van der Waals surface area contributed by atoms with Crippen molar-refractivity contribution in [3.63, 3.8) is 0 Å². The van der Waals surface area contributed by atoms with Crippen molar-refractivity contribution in [2.24, 2.45) is 5.73 Å². The molecule has 1 aromatic heterocycles. The largest absolute Gasteiger partial charge is 0.322 e. The zero-order valence-corrected chi connectivity index (χ0v) is 10.7. The third-order valence-corrected chi connectivity index (χ3v) is 3.43. The molecule has 0 aliphatic heterocycles. The Morgan fingerprint density at radius 2 is 2.35 bits per heavy atom. The molecule has 0 saturated carbocycles. The molecule has 1 atom stereocenters. The molecular formula is C14H23N3. The highest BCUT2D eigenvalue weighted by molar-refractivity contribution is 5.14. The molecule has 3 nitrogen and oxygen atoms in total. The minimum atomic E-state index is 0.105. The topological polar surface area (TPSA) is 43.8 Å². The van der Waals surface area contributed by atoms with Crippen molar-refractivity contribution in [3.8, 4) is 0 Å². The van der Waals surface area contributed by atoms with Crippen molar-refractivity contribution in [1.29, 1.82) is 0 Å². The van der Waals surface area contributed by atoms with E-state index in [1.165, 1.54) is 37.0 Å². The molecule has 1 unspecified atom stereocenters. The third kappa shape index (κ3) is 3.19. The van der Waals surface area contributed by atoms with E-state index in [0.717, 1.165) is 19.4 Å². The molecule has 3 heteroatoms. The molecule has 0 radical (unpaired) electrons. The number of rotatable bonds is 5. The monoisotopic (exact) mass is 233 g/mol. The first-order chi connectivity index (χ1) is 8.31. The molecule has 2 rings (SSSR count). The number of nitrogens with two attached hydrogens (primary N) is 1. The number of nitrogens with zero attached hydrogens (tertiary/aromatic N) is 2. The Labute approximate surface area is 104 Å². The molecular weight excluding hydrogens is 210 g/mol. The van der Waals surface area contributed by atoms with Crippen LogP contribution in [-0.2, 0) is 6.54 Å². The second-order valence-corrected chi connectivity index (χ2v) is 4.90. The summed E-state index contributed by atoms with van der Waals surface area (Å²) < 4.78 is 2.05. The van der Waals surface area contributed by atoms with Crippen LogP contribution in [0.25, 0.3) is 0 Å². The van der Waals surface area contributed by atoms with Crippen LogP contribution in [0.1, 0.15) is 57.2 Å². The molecule has 94 valence electrons. The fourth-order valence-corrected chi connectivity index (χ4v) is 2.53. The zero-order valence-electron chi connectivity index (χ0n) is 10.7. The van der Waals surface area contributed by atoms with Gasteiger partial charge in [0, 0.05) is 12.7 Å². The molecule has 0 aromatic carbocycles. The quantitative estimate of drug-likeness (QED) is 0.794. The number of allylic oxidation sites excluding steroid dienone is 1. The second kappa shape index (κ2) is 6.01. The van der Waals surface area contributed by atoms with Gasteiger partial charge in [-0.1, -0.05) is 18.6 Å².